The zero-order chi connectivity index (χ0) is 26.7. The number of nitrogens with zero attached hydrogens (tertiary/aromatic N) is 4. The van der Waals surface area contributed by atoms with Crippen LogP contribution in [0.1, 0.15) is 22.9 Å². The standard InChI is InChI=1S/C27H25FN4O4S2/c1-36-14-13-31(38(34,35)26-6-2-4-20-17-29-12-11-22(20)26)18-27(33)32-24(19-7-9-21(28)10-8-19)16-23(30-32)25-5-3-15-37-25/h2-12,15,17,24H,13-14,16,18H2,1H3. The van der Waals surface area contributed by atoms with Gasteiger partial charge in [0.1, 0.15) is 5.82 Å². The predicted octanol–water partition coefficient (Wildman–Crippen LogP) is 4.45. The van der Waals surface area contributed by atoms with E-state index in [4.69, 9.17) is 4.74 Å². The van der Waals surface area contributed by atoms with E-state index in [-0.39, 0.29) is 23.9 Å². The summed E-state index contributed by atoms with van der Waals surface area (Å²) < 4.78 is 47.6. The zero-order valence-corrected chi connectivity index (χ0v) is 22.2. The van der Waals surface area contributed by atoms with Gasteiger partial charge in [-0.3, -0.25) is 9.78 Å². The van der Waals surface area contributed by atoms with Crippen LogP contribution < -0.4 is 0 Å². The van der Waals surface area contributed by atoms with Crippen LogP contribution >= 0.6 is 11.3 Å². The first-order valence-electron chi connectivity index (χ1n) is 11.9. The highest BCUT2D eigenvalue weighted by molar-refractivity contribution is 7.89. The summed E-state index contributed by atoms with van der Waals surface area (Å²) >= 11 is 1.50. The number of hydrazone groups is 1. The average molecular weight is 553 g/mol. The first kappa shape index (κ1) is 26.1. The number of halogens is 1. The number of methoxy groups -OCH3 is 1. The summed E-state index contributed by atoms with van der Waals surface area (Å²) in [6.45, 7) is -0.362. The molecule has 11 heteroatoms. The van der Waals surface area contributed by atoms with Crippen molar-refractivity contribution in [3.63, 3.8) is 0 Å². The summed E-state index contributed by atoms with van der Waals surface area (Å²) in [4.78, 5) is 18.8. The summed E-state index contributed by atoms with van der Waals surface area (Å²) in [6, 6.07) is 15.8. The van der Waals surface area contributed by atoms with Crippen molar-refractivity contribution in [1.82, 2.24) is 14.3 Å². The number of carbonyl (C=O) groups is 1. The van der Waals surface area contributed by atoms with Crippen LogP contribution in [-0.2, 0) is 19.6 Å². The highest BCUT2D eigenvalue weighted by atomic mass is 32.2. The fourth-order valence-corrected chi connectivity index (χ4v) is 6.74. The topological polar surface area (TPSA) is 92.2 Å². The van der Waals surface area contributed by atoms with Crippen LogP contribution in [0.4, 0.5) is 4.39 Å². The minimum atomic E-state index is -4.09. The molecule has 2 aromatic heterocycles. The molecule has 0 fully saturated rings. The lowest BCUT2D eigenvalue weighted by atomic mass is 10.0. The van der Waals surface area contributed by atoms with Gasteiger partial charge in [0.25, 0.3) is 5.91 Å². The van der Waals surface area contributed by atoms with Gasteiger partial charge in [-0.05, 0) is 41.3 Å². The van der Waals surface area contributed by atoms with E-state index in [2.05, 4.69) is 10.1 Å². The van der Waals surface area contributed by atoms with Crippen molar-refractivity contribution in [2.24, 2.45) is 5.10 Å². The Balaban J connectivity index is 1.49. The second-order valence-corrected chi connectivity index (χ2v) is 11.6. The number of hydrogen-bond acceptors (Lipinski definition) is 7. The van der Waals surface area contributed by atoms with E-state index < -0.39 is 28.5 Å². The summed E-state index contributed by atoms with van der Waals surface area (Å²) in [5, 5.41) is 9.04. The highest BCUT2D eigenvalue weighted by Gasteiger charge is 2.36. The van der Waals surface area contributed by atoms with Gasteiger partial charge < -0.3 is 4.74 Å². The Morgan fingerprint density at radius 1 is 1.16 bits per heavy atom. The molecule has 3 heterocycles. The highest BCUT2D eigenvalue weighted by Crippen LogP contribution is 2.34. The fourth-order valence-electron chi connectivity index (χ4n) is 4.43. The monoisotopic (exact) mass is 552 g/mol. The zero-order valence-electron chi connectivity index (χ0n) is 20.5. The number of benzene rings is 2. The third-order valence-corrected chi connectivity index (χ3v) is 9.16. The maximum atomic E-state index is 13.8. The van der Waals surface area contributed by atoms with Crippen LogP contribution in [0.5, 0.6) is 0 Å². The van der Waals surface area contributed by atoms with Crippen LogP contribution in [-0.4, -0.2) is 61.1 Å². The Hall–Kier alpha value is -3.51. The minimum Gasteiger partial charge on any atom is -0.383 e. The molecule has 2 aromatic carbocycles. The number of rotatable bonds is 9. The van der Waals surface area contributed by atoms with Crippen LogP contribution in [0.2, 0.25) is 0 Å². The number of carbonyl (C=O) groups excluding carboxylic acids is 1. The van der Waals surface area contributed by atoms with Gasteiger partial charge in [0.05, 0.1) is 34.7 Å². The summed E-state index contributed by atoms with van der Waals surface area (Å²) in [6.07, 6.45) is 3.56. The van der Waals surface area contributed by atoms with Gasteiger partial charge in [-0.15, -0.1) is 11.3 Å². The molecule has 1 aliphatic heterocycles. The van der Waals surface area contributed by atoms with E-state index in [9.17, 15) is 17.6 Å². The lowest BCUT2D eigenvalue weighted by Gasteiger charge is -2.27. The quantitative estimate of drug-likeness (QED) is 0.306. The Morgan fingerprint density at radius 3 is 2.71 bits per heavy atom. The molecule has 0 N–H and O–H groups in total. The van der Waals surface area contributed by atoms with Crippen molar-refractivity contribution < 1.29 is 22.3 Å². The van der Waals surface area contributed by atoms with E-state index >= 15 is 0 Å². The maximum absolute atomic E-state index is 13.8. The third-order valence-electron chi connectivity index (χ3n) is 6.34. The summed E-state index contributed by atoms with van der Waals surface area (Å²) in [5.74, 6) is -0.876. The number of amides is 1. The lowest BCUT2D eigenvalue weighted by Crippen LogP contribution is -2.42. The summed E-state index contributed by atoms with van der Waals surface area (Å²) in [7, 11) is -2.62. The Bertz CT molecular complexity index is 1570. The normalized spacial score (nSPS) is 15.8. The van der Waals surface area contributed by atoms with Gasteiger partial charge in [0, 0.05) is 43.2 Å². The van der Waals surface area contributed by atoms with E-state index in [0.717, 1.165) is 14.9 Å². The molecule has 1 amide bonds. The smallest absolute Gasteiger partial charge is 0.258 e. The molecule has 38 heavy (non-hydrogen) atoms. The van der Waals surface area contributed by atoms with E-state index in [1.54, 1.807) is 36.5 Å². The minimum absolute atomic E-state index is 0.0252. The van der Waals surface area contributed by atoms with Crippen molar-refractivity contribution in [3.8, 4) is 0 Å². The van der Waals surface area contributed by atoms with Crippen molar-refractivity contribution in [2.75, 3.05) is 26.8 Å². The molecule has 4 aromatic rings. The number of thiophene rings is 1. The Morgan fingerprint density at radius 2 is 1.97 bits per heavy atom. The van der Waals surface area contributed by atoms with Gasteiger partial charge >= 0.3 is 0 Å². The summed E-state index contributed by atoms with van der Waals surface area (Å²) in [5.41, 5.74) is 1.43. The van der Waals surface area contributed by atoms with E-state index in [1.807, 2.05) is 17.5 Å². The average Bonchev–Trinajstić information content (AvgIpc) is 3.61. The number of ether oxygens (including phenoxy) is 1. The molecule has 196 valence electrons. The lowest BCUT2D eigenvalue weighted by molar-refractivity contribution is -0.133. The SMILES string of the molecule is COCCN(CC(=O)N1N=C(c2cccs2)CC1c1ccc(F)cc1)S(=O)(=O)c1cccc2cnccc12. The van der Waals surface area contributed by atoms with Crippen LogP contribution in [0.15, 0.2) is 88.4 Å². The predicted molar refractivity (Wildman–Crippen MR) is 144 cm³/mol. The van der Waals surface area contributed by atoms with Crippen LogP contribution in [0.25, 0.3) is 10.8 Å². The second kappa shape index (κ2) is 11.1. The molecule has 0 radical (unpaired) electrons. The molecule has 0 saturated carbocycles. The van der Waals surface area contributed by atoms with Gasteiger partial charge in [0.2, 0.25) is 10.0 Å². The molecule has 1 unspecified atom stereocenters. The molecule has 1 aliphatic rings. The van der Waals surface area contributed by atoms with E-state index in [1.165, 1.54) is 47.9 Å². The van der Waals surface area contributed by atoms with Crippen LogP contribution in [0, 0.1) is 5.82 Å². The molecule has 1 atom stereocenters. The fraction of sp³-hybridized carbons (Fsp3) is 0.222. The molecular weight excluding hydrogens is 527 g/mol. The number of hydrogen-bond donors (Lipinski definition) is 0. The molecule has 0 spiro atoms. The van der Waals surface area contributed by atoms with Crippen molar-refractivity contribution >= 4 is 43.8 Å². The number of aromatic nitrogens is 1. The van der Waals surface area contributed by atoms with Crippen molar-refractivity contribution in [2.45, 2.75) is 17.4 Å². The molecular formula is C27H25FN4O4S2. The molecule has 5 rings (SSSR count). The number of fused-ring (bicyclic) bond motifs is 1. The molecule has 0 bridgehead atoms. The van der Waals surface area contributed by atoms with Gasteiger partial charge in [-0.2, -0.15) is 9.41 Å². The molecule has 8 nitrogen and oxygen atoms in total. The maximum Gasteiger partial charge on any atom is 0.258 e. The Kier molecular flexibility index (Phi) is 7.61. The van der Waals surface area contributed by atoms with Gasteiger partial charge in [-0.1, -0.05) is 30.3 Å². The van der Waals surface area contributed by atoms with E-state index in [0.29, 0.717) is 22.8 Å². The van der Waals surface area contributed by atoms with Gasteiger partial charge in [-0.25, -0.2) is 17.8 Å². The first-order chi connectivity index (χ1) is 18.4. The van der Waals surface area contributed by atoms with Crippen molar-refractivity contribution in [1.29, 1.82) is 0 Å². The third kappa shape index (κ3) is 5.23. The van der Waals surface area contributed by atoms with Gasteiger partial charge in [0.15, 0.2) is 0 Å². The first-order valence-corrected chi connectivity index (χ1v) is 14.2. The number of pyridine rings is 1. The largest absolute Gasteiger partial charge is 0.383 e. The molecule has 0 aliphatic carbocycles. The molecule has 0 saturated heterocycles. The second-order valence-electron chi connectivity index (χ2n) is 8.72. The van der Waals surface area contributed by atoms with Crippen molar-refractivity contribution in [3.05, 3.63) is 94.7 Å². The van der Waals surface area contributed by atoms with Crippen LogP contribution in [0.3, 0.4) is 0 Å². The number of sulfonamides is 1. The Labute approximate surface area is 224 Å².